The van der Waals surface area contributed by atoms with E-state index in [4.69, 9.17) is 14.9 Å². The molecule has 0 spiro atoms. The molecule has 0 aliphatic carbocycles. The van der Waals surface area contributed by atoms with Crippen molar-refractivity contribution in [2.45, 2.75) is 6.29 Å². The Morgan fingerprint density at radius 2 is 1.92 bits per heavy atom. The molecule has 0 aliphatic rings. The minimum absolute atomic E-state index is 0. The zero-order valence-electron chi connectivity index (χ0n) is 8.36. The Hall–Kier alpha value is 0.470. The number of likely N-dealkylation sites (N-methyl/N-ethyl adjacent to an activating group) is 1. The molecule has 0 aromatic carbocycles. The highest BCUT2D eigenvalue weighted by molar-refractivity contribution is 14.0. The molecule has 0 aromatic heterocycles. The van der Waals surface area contributed by atoms with E-state index in [9.17, 15) is 0 Å². The minimum atomic E-state index is -0.262. The number of rotatable bonds is 4. The van der Waals surface area contributed by atoms with Gasteiger partial charge in [-0.1, -0.05) is 11.8 Å². The maximum absolute atomic E-state index is 7.46. The monoisotopic (exact) mass is 320 g/mol. The second-order valence-electron chi connectivity index (χ2n) is 2.29. The Kier molecular flexibility index (Phi) is 11.1. The second kappa shape index (κ2) is 9.04. The summed E-state index contributed by atoms with van der Waals surface area (Å²) in [6.45, 7) is 0.576. The number of ether oxygens (including phenoxy) is 2. The molecule has 6 heteroatoms. The first kappa shape index (κ1) is 15.9. The fraction of sp³-hybridized carbons (Fsp3) is 0.857. The van der Waals surface area contributed by atoms with Crippen molar-refractivity contribution in [3.05, 3.63) is 0 Å². The highest BCUT2D eigenvalue weighted by atomic mass is 127. The first-order valence-electron chi connectivity index (χ1n) is 3.55. The zero-order valence-corrected chi connectivity index (χ0v) is 11.5. The maximum atomic E-state index is 7.46. The number of hydrogen-bond donors (Lipinski definition) is 1. The third-order valence-electron chi connectivity index (χ3n) is 1.49. The quantitative estimate of drug-likeness (QED) is 0.369. The predicted molar refractivity (Wildman–Crippen MR) is 67.1 cm³/mol. The summed E-state index contributed by atoms with van der Waals surface area (Å²) in [7, 11) is 5.01. The first-order chi connectivity index (χ1) is 5.65. The number of nitrogens with one attached hydrogen (secondary N) is 1. The highest BCUT2D eigenvalue weighted by Gasteiger charge is 2.10. The van der Waals surface area contributed by atoms with Crippen molar-refractivity contribution >= 4 is 40.9 Å². The van der Waals surface area contributed by atoms with Gasteiger partial charge in [-0.15, -0.1) is 24.0 Å². The van der Waals surface area contributed by atoms with E-state index >= 15 is 0 Å². The van der Waals surface area contributed by atoms with Crippen LogP contribution in [0.4, 0.5) is 0 Å². The van der Waals surface area contributed by atoms with E-state index in [1.165, 1.54) is 11.8 Å². The van der Waals surface area contributed by atoms with Gasteiger partial charge in [0.25, 0.3) is 0 Å². The van der Waals surface area contributed by atoms with Crippen LogP contribution in [-0.2, 0) is 9.47 Å². The maximum Gasteiger partial charge on any atom is 0.174 e. The molecule has 0 unspecified atom stereocenters. The molecule has 4 nitrogen and oxygen atoms in total. The molecule has 0 bridgehead atoms. The summed E-state index contributed by atoms with van der Waals surface area (Å²) < 4.78 is 9.99. The molecule has 0 radical (unpaired) electrons. The molecule has 0 heterocycles. The molecular formula is C7H17IN2O2S. The minimum Gasteiger partial charge on any atom is -0.354 e. The first-order valence-corrected chi connectivity index (χ1v) is 4.77. The van der Waals surface area contributed by atoms with Gasteiger partial charge in [-0.05, 0) is 6.26 Å². The smallest absolute Gasteiger partial charge is 0.174 e. The number of thioether (sulfide) groups is 1. The van der Waals surface area contributed by atoms with Gasteiger partial charge in [0.2, 0.25) is 0 Å². The molecule has 0 saturated heterocycles. The van der Waals surface area contributed by atoms with E-state index in [0.29, 0.717) is 11.7 Å². The normalized spacial score (nSPS) is 9.62. The van der Waals surface area contributed by atoms with Gasteiger partial charge in [-0.2, -0.15) is 0 Å². The lowest BCUT2D eigenvalue weighted by atomic mass is 10.5. The third kappa shape index (κ3) is 6.53. The van der Waals surface area contributed by atoms with Crippen LogP contribution in [0.5, 0.6) is 0 Å². The molecule has 0 fully saturated rings. The SMILES string of the molecule is COC(CN(C)C(=N)SC)OC.I. The Balaban J connectivity index is 0. The van der Waals surface area contributed by atoms with Gasteiger partial charge in [0.1, 0.15) is 0 Å². The number of nitrogens with zero attached hydrogens (tertiary/aromatic N) is 1. The molecule has 80 valence electrons. The van der Waals surface area contributed by atoms with Crippen molar-refractivity contribution in [3.8, 4) is 0 Å². The van der Waals surface area contributed by atoms with Crippen LogP contribution in [0, 0.1) is 5.41 Å². The van der Waals surface area contributed by atoms with Crippen LogP contribution in [-0.4, -0.2) is 50.4 Å². The highest BCUT2D eigenvalue weighted by Crippen LogP contribution is 2.02. The molecular weight excluding hydrogens is 303 g/mol. The van der Waals surface area contributed by atoms with Crippen molar-refractivity contribution in [1.29, 1.82) is 5.41 Å². The van der Waals surface area contributed by atoms with E-state index < -0.39 is 0 Å². The Morgan fingerprint density at radius 3 is 2.23 bits per heavy atom. The van der Waals surface area contributed by atoms with Crippen molar-refractivity contribution in [2.24, 2.45) is 0 Å². The summed E-state index contributed by atoms with van der Waals surface area (Å²) in [5, 5.41) is 7.97. The molecule has 1 N–H and O–H groups in total. The average Bonchev–Trinajstić information content (AvgIpc) is 2.12. The molecule has 0 rings (SSSR count). The summed E-state index contributed by atoms with van der Waals surface area (Å²) in [5.41, 5.74) is 0. The fourth-order valence-corrected chi connectivity index (χ4v) is 1.09. The van der Waals surface area contributed by atoms with Crippen molar-refractivity contribution in [2.75, 3.05) is 34.1 Å². The zero-order chi connectivity index (χ0) is 9.56. The average molecular weight is 320 g/mol. The molecule has 0 aromatic rings. The predicted octanol–water partition coefficient (Wildman–Crippen LogP) is 1.45. The van der Waals surface area contributed by atoms with Crippen LogP contribution in [0.25, 0.3) is 0 Å². The summed E-state index contributed by atoms with van der Waals surface area (Å²) in [6, 6.07) is 0. The molecule has 13 heavy (non-hydrogen) atoms. The van der Waals surface area contributed by atoms with Crippen molar-refractivity contribution in [1.82, 2.24) is 4.90 Å². The summed E-state index contributed by atoms with van der Waals surface area (Å²) in [6.07, 6.45) is 1.61. The fourth-order valence-electron chi connectivity index (χ4n) is 0.708. The lowest BCUT2D eigenvalue weighted by molar-refractivity contribution is -0.107. The van der Waals surface area contributed by atoms with Gasteiger partial charge in [-0.25, -0.2) is 0 Å². The van der Waals surface area contributed by atoms with Gasteiger partial charge >= 0.3 is 0 Å². The van der Waals surface area contributed by atoms with Crippen LogP contribution in [0.2, 0.25) is 0 Å². The number of methoxy groups -OCH3 is 2. The molecule has 0 aliphatic heterocycles. The summed E-state index contributed by atoms with van der Waals surface area (Å²) >= 11 is 1.39. The summed E-state index contributed by atoms with van der Waals surface area (Å²) in [4.78, 5) is 1.78. The van der Waals surface area contributed by atoms with Crippen molar-refractivity contribution in [3.63, 3.8) is 0 Å². The van der Waals surface area contributed by atoms with Gasteiger partial charge in [0.15, 0.2) is 11.5 Å². The van der Waals surface area contributed by atoms with Gasteiger partial charge in [0.05, 0.1) is 6.54 Å². The van der Waals surface area contributed by atoms with E-state index in [2.05, 4.69) is 0 Å². The van der Waals surface area contributed by atoms with Crippen LogP contribution >= 0.6 is 35.7 Å². The number of hydrogen-bond acceptors (Lipinski definition) is 4. The van der Waals surface area contributed by atoms with Gasteiger partial charge in [-0.3, -0.25) is 5.41 Å². The third-order valence-corrected chi connectivity index (χ3v) is 2.19. The molecule has 0 atom stereocenters. The van der Waals surface area contributed by atoms with E-state index in [-0.39, 0.29) is 30.3 Å². The van der Waals surface area contributed by atoms with Gasteiger partial charge < -0.3 is 14.4 Å². The van der Waals surface area contributed by atoms with Crippen LogP contribution in [0.1, 0.15) is 0 Å². The molecule has 0 amide bonds. The van der Waals surface area contributed by atoms with E-state index in [0.717, 1.165) is 0 Å². The van der Waals surface area contributed by atoms with Crippen LogP contribution < -0.4 is 0 Å². The summed E-state index contributed by atoms with van der Waals surface area (Å²) in [5.74, 6) is 0. The number of halogens is 1. The van der Waals surface area contributed by atoms with Crippen molar-refractivity contribution < 1.29 is 9.47 Å². The lowest BCUT2D eigenvalue weighted by Crippen LogP contribution is -2.34. The Morgan fingerprint density at radius 1 is 1.46 bits per heavy atom. The number of amidine groups is 1. The van der Waals surface area contributed by atoms with Gasteiger partial charge in [0, 0.05) is 21.3 Å². The topological polar surface area (TPSA) is 45.5 Å². The Labute approximate surface area is 101 Å². The second-order valence-corrected chi connectivity index (χ2v) is 3.09. The van der Waals surface area contributed by atoms with E-state index in [1.807, 2.05) is 13.3 Å². The largest absolute Gasteiger partial charge is 0.354 e. The van der Waals surface area contributed by atoms with E-state index in [1.54, 1.807) is 19.1 Å². The van der Waals surface area contributed by atoms with Crippen LogP contribution in [0.3, 0.4) is 0 Å². The lowest BCUT2D eigenvalue weighted by Gasteiger charge is -2.22. The van der Waals surface area contributed by atoms with Crippen LogP contribution in [0.15, 0.2) is 0 Å². The Bertz CT molecular complexity index is 144. The molecule has 0 saturated carbocycles. The standard InChI is InChI=1S/C7H16N2O2S.HI/c1-9(7(8)12-4)5-6(10-2)11-3;/h6,8H,5H2,1-4H3;1H.